The summed E-state index contributed by atoms with van der Waals surface area (Å²) in [6, 6.07) is 0. The molecule has 0 fully saturated rings. The smallest absolute Gasteiger partial charge is 0.0274 e. The molecule has 0 aromatic heterocycles. The van der Waals surface area contributed by atoms with E-state index in [0.717, 1.165) is 0 Å². The molecular weight excluding hydrogens is 295 g/mol. The van der Waals surface area contributed by atoms with E-state index in [0.29, 0.717) is 0 Å². The zero-order valence-corrected chi connectivity index (χ0v) is 12.5. The van der Waals surface area contributed by atoms with E-state index in [1.54, 1.807) is 0 Å². The lowest BCUT2D eigenvalue weighted by molar-refractivity contribution is 0.558. The van der Waals surface area contributed by atoms with E-state index >= 15 is 0 Å². The lowest BCUT2D eigenvalue weighted by Gasteiger charge is -2.01. The van der Waals surface area contributed by atoms with Crippen molar-refractivity contribution in [1.29, 1.82) is 0 Å². The first-order valence-corrected chi connectivity index (χ1v) is 7.91. The lowest BCUT2D eigenvalue weighted by atomic mass is 10.1. The molecule has 0 radical (unpaired) electrons. The largest absolute Gasteiger partial charge is 0.0785 e. The topological polar surface area (TPSA) is 0 Å². The Labute approximate surface area is 110 Å². The van der Waals surface area contributed by atoms with Gasteiger partial charge in [0.05, 0.1) is 0 Å². The Morgan fingerprint density at radius 2 is 1.20 bits per heavy atom. The standard InChI is InChI=1S/C14H27I/c1-2-3-4-5-6-7-8-9-10-11-12-13-14-15/h13-14H,2-12H2,1H3/b14-13+. The highest BCUT2D eigenvalue weighted by Gasteiger charge is 1.91. The summed E-state index contributed by atoms with van der Waals surface area (Å²) in [6.45, 7) is 2.28. The minimum atomic E-state index is 1.28. The Hall–Kier alpha value is 0.470. The van der Waals surface area contributed by atoms with Crippen LogP contribution in [0.4, 0.5) is 0 Å². The molecule has 1 heteroatoms. The summed E-state index contributed by atoms with van der Waals surface area (Å²) < 4.78 is 2.13. The van der Waals surface area contributed by atoms with Crippen LogP contribution in [-0.2, 0) is 0 Å². The number of halogens is 1. The molecule has 0 N–H and O–H groups in total. The summed E-state index contributed by atoms with van der Waals surface area (Å²) in [4.78, 5) is 0. The van der Waals surface area contributed by atoms with Crippen LogP contribution in [0.1, 0.15) is 77.6 Å². The van der Waals surface area contributed by atoms with Gasteiger partial charge >= 0.3 is 0 Å². The van der Waals surface area contributed by atoms with Crippen LogP contribution >= 0.6 is 22.6 Å². The zero-order chi connectivity index (χ0) is 11.2. The average molecular weight is 322 g/mol. The van der Waals surface area contributed by atoms with E-state index in [4.69, 9.17) is 0 Å². The van der Waals surface area contributed by atoms with E-state index in [2.05, 4.69) is 39.7 Å². The molecule has 0 bridgehead atoms. The van der Waals surface area contributed by atoms with E-state index in [1.165, 1.54) is 70.6 Å². The highest BCUT2D eigenvalue weighted by molar-refractivity contribution is 14.1. The second-order valence-electron chi connectivity index (χ2n) is 4.33. The van der Waals surface area contributed by atoms with Gasteiger partial charge in [-0.1, -0.05) is 93.4 Å². The van der Waals surface area contributed by atoms with Gasteiger partial charge in [0.25, 0.3) is 0 Å². The van der Waals surface area contributed by atoms with Gasteiger partial charge < -0.3 is 0 Å². The summed E-state index contributed by atoms with van der Waals surface area (Å²) >= 11 is 2.30. The monoisotopic (exact) mass is 322 g/mol. The molecule has 0 saturated heterocycles. The Morgan fingerprint density at radius 3 is 1.67 bits per heavy atom. The third kappa shape index (κ3) is 14.5. The maximum absolute atomic E-state index is 2.30. The summed E-state index contributed by atoms with van der Waals surface area (Å²) in [6.07, 6.45) is 17.9. The van der Waals surface area contributed by atoms with Gasteiger partial charge in [-0.15, -0.1) is 0 Å². The van der Waals surface area contributed by atoms with Crippen molar-refractivity contribution in [2.75, 3.05) is 0 Å². The van der Waals surface area contributed by atoms with E-state index < -0.39 is 0 Å². The summed E-state index contributed by atoms with van der Waals surface area (Å²) in [5.41, 5.74) is 0. The van der Waals surface area contributed by atoms with Crippen molar-refractivity contribution in [2.45, 2.75) is 77.6 Å². The number of hydrogen-bond donors (Lipinski definition) is 0. The Kier molecular flexibility index (Phi) is 14.9. The maximum atomic E-state index is 2.30. The summed E-state index contributed by atoms with van der Waals surface area (Å²) in [5, 5.41) is 0. The highest BCUT2D eigenvalue weighted by Crippen LogP contribution is 2.11. The molecule has 0 saturated carbocycles. The molecule has 0 aliphatic carbocycles. The first kappa shape index (κ1) is 15.5. The molecule has 0 heterocycles. The van der Waals surface area contributed by atoms with Crippen molar-refractivity contribution in [2.24, 2.45) is 0 Å². The Balaban J connectivity index is 2.86. The van der Waals surface area contributed by atoms with Gasteiger partial charge in [-0.05, 0) is 16.9 Å². The van der Waals surface area contributed by atoms with Gasteiger partial charge in [-0.25, -0.2) is 0 Å². The minimum Gasteiger partial charge on any atom is -0.0785 e. The van der Waals surface area contributed by atoms with E-state index in [9.17, 15) is 0 Å². The Morgan fingerprint density at radius 1 is 0.733 bits per heavy atom. The van der Waals surface area contributed by atoms with Gasteiger partial charge in [0.2, 0.25) is 0 Å². The highest BCUT2D eigenvalue weighted by atomic mass is 127. The van der Waals surface area contributed by atoms with Gasteiger partial charge in [0.1, 0.15) is 0 Å². The van der Waals surface area contributed by atoms with Crippen molar-refractivity contribution < 1.29 is 0 Å². The van der Waals surface area contributed by atoms with Crippen LogP contribution < -0.4 is 0 Å². The molecule has 90 valence electrons. The third-order valence-electron chi connectivity index (χ3n) is 2.81. The minimum absolute atomic E-state index is 1.28. The third-order valence-corrected chi connectivity index (χ3v) is 3.32. The lowest BCUT2D eigenvalue weighted by Crippen LogP contribution is -1.81. The molecule has 0 amide bonds. The van der Waals surface area contributed by atoms with Crippen LogP contribution in [0.3, 0.4) is 0 Å². The zero-order valence-electron chi connectivity index (χ0n) is 10.3. The molecule has 0 unspecified atom stereocenters. The summed E-state index contributed by atoms with van der Waals surface area (Å²) in [5.74, 6) is 0. The SMILES string of the molecule is CCCCCCCCCCCC/C=C/I. The summed E-state index contributed by atoms with van der Waals surface area (Å²) in [7, 11) is 0. The average Bonchev–Trinajstić information content (AvgIpc) is 2.26. The van der Waals surface area contributed by atoms with Crippen LogP contribution in [0.5, 0.6) is 0 Å². The van der Waals surface area contributed by atoms with Crippen LogP contribution in [0.2, 0.25) is 0 Å². The van der Waals surface area contributed by atoms with Crippen molar-refractivity contribution in [3.05, 3.63) is 10.2 Å². The molecule has 0 aliphatic heterocycles. The molecule has 0 spiro atoms. The van der Waals surface area contributed by atoms with Gasteiger partial charge in [0, 0.05) is 0 Å². The molecular formula is C14H27I. The molecule has 0 aliphatic rings. The van der Waals surface area contributed by atoms with Crippen LogP contribution in [0.25, 0.3) is 0 Å². The van der Waals surface area contributed by atoms with Gasteiger partial charge in [0.15, 0.2) is 0 Å². The van der Waals surface area contributed by atoms with E-state index in [-0.39, 0.29) is 0 Å². The van der Waals surface area contributed by atoms with Crippen molar-refractivity contribution in [1.82, 2.24) is 0 Å². The molecule has 0 aromatic carbocycles. The predicted octanol–water partition coefficient (Wildman–Crippen LogP) is 6.25. The fraction of sp³-hybridized carbons (Fsp3) is 0.857. The molecule has 0 nitrogen and oxygen atoms in total. The number of allylic oxidation sites excluding steroid dienone is 1. The molecule has 0 atom stereocenters. The molecule has 0 rings (SSSR count). The molecule has 15 heavy (non-hydrogen) atoms. The van der Waals surface area contributed by atoms with Crippen molar-refractivity contribution >= 4 is 22.6 Å². The normalized spacial score (nSPS) is 11.3. The number of unbranched alkanes of at least 4 members (excludes halogenated alkanes) is 10. The van der Waals surface area contributed by atoms with Crippen LogP contribution in [0.15, 0.2) is 10.2 Å². The van der Waals surface area contributed by atoms with Crippen LogP contribution in [-0.4, -0.2) is 0 Å². The van der Waals surface area contributed by atoms with Gasteiger partial charge in [-0.2, -0.15) is 0 Å². The van der Waals surface area contributed by atoms with Gasteiger partial charge in [-0.3, -0.25) is 0 Å². The molecule has 0 aromatic rings. The van der Waals surface area contributed by atoms with Crippen LogP contribution in [0, 0.1) is 0 Å². The second kappa shape index (κ2) is 14.5. The maximum Gasteiger partial charge on any atom is -0.0274 e. The first-order chi connectivity index (χ1) is 7.41. The number of rotatable bonds is 11. The fourth-order valence-corrected chi connectivity index (χ4v) is 2.17. The number of hydrogen-bond acceptors (Lipinski definition) is 0. The quantitative estimate of drug-likeness (QED) is 0.312. The second-order valence-corrected chi connectivity index (χ2v) is 5.05. The Bertz CT molecular complexity index is 129. The van der Waals surface area contributed by atoms with Crippen molar-refractivity contribution in [3.8, 4) is 0 Å². The first-order valence-electron chi connectivity index (χ1n) is 6.67. The predicted molar refractivity (Wildman–Crippen MR) is 79.6 cm³/mol. The fourth-order valence-electron chi connectivity index (χ4n) is 1.81. The van der Waals surface area contributed by atoms with Crippen molar-refractivity contribution in [3.63, 3.8) is 0 Å². The van der Waals surface area contributed by atoms with E-state index in [1.807, 2.05) is 0 Å².